The molecule has 0 heterocycles. The van der Waals surface area contributed by atoms with E-state index in [-0.39, 0.29) is 45.0 Å². The highest BCUT2D eigenvalue weighted by Crippen LogP contribution is 2.39. The summed E-state index contributed by atoms with van der Waals surface area (Å²) in [5.41, 5.74) is 0.846. The lowest BCUT2D eigenvalue weighted by molar-refractivity contribution is -0.115. The number of carbonyl (C=O) groups excluding carboxylic acids is 4. The number of nitrogens with zero attached hydrogens (tertiary/aromatic N) is 1. The van der Waals surface area contributed by atoms with Crippen LogP contribution in [0.25, 0.3) is 0 Å². The van der Waals surface area contributed by atoms with Crippen molar-refractivity contribution in [3.63, 3.8) is 0 Å². The summed E-state index contributed by atoms with van der Waals surface area (Å²) in [6.45, 7) is 1.23. The molecule has 0 atom stereocenters. The van der Waals surface area contributed by atoms with Gasteiger partial charge in [-0.1, -0.05) is 41.9 Å². The van der Waals surface area contributed by atoms with Crippen LogP contribution in [0.1, 0.15) is 49.1 Å². The highest BCUT2D eigenvalue weighted by Gasteiger charge is 2.34. The van der Waals surface area contributed by atoms with Gasteiger partial charge in [0.25, 0.3) is 5.91 Å². The standard InChI is InChI=1S/C23H14Cl2N2O4/c1-12(28)27(25)18-10-9-17-19(22(30)16-8-3-2-7-15(16)21(17)29)20(18)26-23(31)13-5-4-6-14(24)11-13/h2-11H,1H3,(H,26,31). The first kappa shape index (κ1) is 20.8. The number of carbonyl (C=O) groups is 4. The highest BCUT2D eigenvalue weighted by molar-refractivity contribution is 6.39. The molecule has 31 heavy (non-hydrogen) atoms. The molecule has 0 radical (unpaired) electrons. The summed E-state index contributed by atoms with van der Waals surface area (Å²) < 4.78 is 0.784. The second-order valence-electron chi connectivity index (χ2n) is 6.85. The fourth-order valence-electron chi connectivity index (χ4n) is 3.45. The summed E-state index contributed by atoms with van der Waals surface area (Å²) in [6, 6.07) is 15.5. The molecule has 2 amide bonds. The Balaban J connectivity index is 1.91. The molecule has 1 aliphatic carbocycles. The number of nitrogens with one attached hydrogen (secondary N) is 1. The lowest BCUT2D eigenvalue weighted by Gasteiger charge is -2.24. The Hall–Kier alpha value is -3.48. The van der Waals surface area contributed by atoms with Crippen molar-refractivity contribution in [1.29, 1.82) is 0 Å². The van der Waals surface area contributed by atoms with E-state index in [0.717, 1.165) is 4.42 Å². The second-order valence-corrected chi connectivity index (χ2v) is 7.62. The van der Waals surface area contributed by atoms with Gasteiger partial charge in [-0.15, -0.1) is 0 Å². The van der Waals surface area contributed by atoms with Gasteiger partial charge in [0.2, 0.25) is 5.91 Å². The van der Waals surface area contributed by atoms with Crippen LogP contribution in [-0.4, -0.2) is 23.4 Å². The average molecular weight is 453 g/mol. The van der Waals surface area contributed by atoms with Gasteiger partial charge in [0.05, 0.1) is 16.9 Å². The van der Waals surface area contributed by atoms with Gasteiger partial charge >= 0.3 is 0 Å². The molecule has 0 aromatic heterocycles. The molecule has 0 unspecified atom stereocenters. The maximum atomic E-state index is 13.3. The van der Waals surface area contributed by atoms with Crippen LogP contribution in [0, 0.1) is 0 Å². The fraction of sp³-hybridized carbons (Fsp3) is 0.0435. The Morgan fingerprint density at radius 2 is 1.55 bits per heavy atom. The summed E-state index contributed by atoms with van der Waals surface area (Å²) >= 11 is 12.1. The Bertz CT molecular complexity index is 1290. The SMILES string of the molecule is CC(=O)N(Cl)c1ccc2c(c1NC(=O)c1cccc(Cl)c1)C(=O)c1ccccc1C2=O. The van der Waals surface area contributed by atoms with Crippen molar-refractivity contribution in [2.24, 2.45) is 0 Å². The zero-order chi connectivity index (χ0) is 22.3. The maximum Gasteiger partial charge on any atom is 0.255 e. The molecule has 1 N–H and O–H groups in total. The molecule has 0 saturated heterocycles. The third kappa shape index (κ3) is 3.60. The van der Waals surface area contributed by atoms with Crippen LogP contribution in [0.2, 0.25) is 5.02 Å². The molecular weight excluding hydrogens is 439 g/mol. The van der Waals surface area contributed by atoms with Gasteiger partial charge < -0.3 is 5.32 Å². The number of benzene rings is 3. The quantitative estimate of drug-likeness (QED) is 0.449. The van der Waals surface area contributed by atoms with E-state index < -0.39 is 17.6 Å². The van der Waals surface area contributed by atoms with Crippen LogP contribution in [0.4, 0.5) is 11.4 Å². The van der Waals surface area contributed by atoms with Gasteiger partial charge in [-0.3, -0.25) is 19.2 Å². The molecule has 0 saturated carbocycles. The van der Waals surface area contributed by atoms with Gasteiger partial charge in [0, 0.05) is 46.0 Å². The largest absolute Gasteiger partial charge is 0.319 e. The third-order valence-electron chi connectivity index (χ3n) is 4.88. The smallest absolute Gasteiger partial charge is 0.255 e. The number of hydrogen-bond acceptors (Lipinski definition) is 4. The number of amides is 2. The molecule has 3 aromatic rings. The summed E-state index contributed by atoms with van der Waals surface area (Å²) in [6.07, 6.45) is 0. The Kier molecular flexibility index (Phi) is 5.35. The van der Waals surface area contributed by atoms with E-state index in [1.165, 1.54) is 31.2 Å². The average Bonchev–Trinajstić information content (AvgIpc) is 2.76. The molecule has 0 aliphatic heterocycles. The van der Waals surface area contributed by atoms with Crippen LogP contribution in [-0.2, 0) is 4.79 Å². The van der Waals surface area contributed by atoms with Crippen molar-refractivity contribution in [3.05, 3.63) is 93.5 Å². The monoisotopic (exact) mass is 452 g/mol. The predicted molar refractivity (Wildman–Crippen MR) is 118 cm³/mol. The van der Waals surface area contributed by atoms with Crippen LogP contribution in [0.15, 0.2) is 60.7 Å². The summed E-state index contributed by atoms with van der Waals surface area (Å²) in [7, 11) is 0. The topological polar surface area (TPSA) is 83.6 Å². The van der Waals surface area contributed by atoms with Crippen LogP contribution in [0.5, 0.6) is 0 Å². The minimum absolute atomic E-state index is 0.0246. The predicted octanol–water partition coefficient (Wildman–Crippen LogP) is 4.87. The molecule has 0 fully saturated rings. The Labute approximate surface area is 187 Å². The van der Waals surface area contributed by atoms with E-state index >= 15 is 0 Å². The zero-order valence-electron chi connectivity index (χ0n) is 16.1. The van der Waals surface area contributed by atoms with E-state index in [1.807, 2.05) is 0 Å². The van der Waals surface area contributed by atoms with E-state index in [1.54, 1.807) is 36.4 Å². The molecule has 1 aliphatic rings. The minimum atomic E-state index is -0.579. The molecule has 154 valence electrons. The van der Waals surface area contributed by atoms with Crippen molar-refractivity contribution in [2.45, 2.75) is 6.92 Å². The molecule has 4 rings (SSSR count). The zero-order valence-corrected chi connectivity index (χ0v) is 17.6. The fourth-order valence-corrected chi connectivity index (χ4v) is 3.78. The second kappa shape index (κ2) is 7.98. The number of hydrogen-bond donors (Lipinski definition) is 1. The van der Waals surface area contributed by atoms with Crippen molar-refractivity contribution in [2.75, 3.05) is 9.74 Å². The normalized spacial score (nSPS) is 12.1. The van der Waals surface area contributed by atoms with Crippen molar-refractivity contribution in [3.8, 4) is 0 Å². The molecule has 8 heteroatoms. The number of fused-ring (bicyclic) bond motifs is 2. The molecule has 3 aromatic carbocycles. The minimum Gasteiger partial charge on any atom is -0.319 e. The maximum absolute atomic E-state index is 13.3. The van der Waals surface area contributed by atoms with Crippen LogP contribution >= 0.6 is 23.4 Å². The van der Waals surface area contributed by atoms with Gasteiger partial charge in [0.1, 0.15) is 0 Å². The van der Waals surface area contributed by atoms with Gasteiger partial charge in [-0.05, 0) is 30.3 Å². The highest BCUT2D eigenvalue weighted by atomic mass is 35.5. The lowest BCUT2D eigenvalue weighted by Crippen LogP contribution is -2.27. The van der Waals surface area contributed by atoms with Crippen molar-refractivity contribution in [1.82, 2.24) is 0 Å². The molecule has 0 spiro atoms. The van der Waals surface area contributed by atoms with Gasteiger partial charge in [0.15, 0.2) is 11.6 Å². The number of ketones is 2. The third-order valence-corrected chi connectivity index (χ3v) is 5.54. The van der Waals surface area contributed by atoms with E-state index in [9.17, 15) is 19.2 Å². The van der Waals surface area contributed by atoms with Crippen LogP contribution < -0.4 is 9.74 Å². The van der Waals surface area contributed by atoms with Gasteiger partial charge in [-0.25, -0.2) is 4.42 Å². The summed E-state index contributed by atoms with van der Waals surface area (Å²) in [5, 5.41) is 3.00. The first-order chi connectivity index (χ1) is 14.8. The molecule has 0 bridgehead atoms. The Morgan fingerprint density at radius 1 is 0.871 bits per heavy atom. The summed E-state index contributed by atoms with van der Waals surface area (Å²) in [5.74, 6) is -1.93. The van der Waals surface area contributed by atoms with E-state index in [4.69, 9.17) is 23.4 Å². The van der Waals surface area contributed by atoms with Crippen LogP contribution in [0.3, 0.4) is 0 Å². The lowest BCUT2D eigenvalue weighted by atomic mass is 9.82. The number of rotatable bonds is 3. The first-order valence-corrected chi connectivity index (χ1v) is 9.90. The van der Waals surface area contributed by atoms with Crippen molar-refractivity contribution >= 4 is 58.1 Å². The Morgan fingerprint density at radius 3 is 2.19 bits per heavy atom. The van der Waals surface area contributed by atoms with Crippen molar-refractivity contribution < 1.29 is 19.2 Å². The van der Waals surface area contributed by atoms with E-state index in [0.29, 0.717) is 5.02 Å². The van der Waals surface area contributed by atoms with Gasteiger partial charge in [-0.2, -0.15) is 0 Å². The number of halogens is 2. The first-order valence-electron chi connectivity index (χ1n) is 9.18. The summed E-state index contributed by atoms with van der Waals surface area (Å²) in [4.78, 5) is 51.2. The number of anilines is 2. The molecule has 6 nitrogen and oxygen atoms in total. The van der Waals surface area contributed by atoms with E-state index in [2.05, 4.69) is 5.32 Å². The molecular formula is C23H14Cl2N2O4.